The van der Waals surface area contributed by atoms with Crippen molar-refractivity contribution < 1.29 is 9.53 Å². The number of hydrogen-bond donors (Lipinski definition) is 0. The minimum atomic E-state index is 0.0793. The minimum absolute atomic E-state index is 0.0793. The molecule has 0 fully saturated rings. The SMILES string of the molecule is O=CC1CCCc2cc(OCCCCl)ccc21. The summed E-state index contributed by atoms with van der Waals surface area (Å²) < 4.78 is 5.61. The Morgan fingerprint density at radius 2 is 2.35 bits per heavy atom. The summed E-state index contributed by atoms with van der Waals surface area (Å²) in [7, 11) is 0. The van der Waals surface area contributed by atoms with Crippen LogP contribution in [0.15, 0.2) is 18.2 Å². The summed E-state index contributed by atoms with van der Waals surface area (Å²) >= 11 is 5.60. The van der Waals surface area contributed by atoms with Crippen LogP contribution in [0.4, 0.5) is 0 Å². The molecule has 0 radical (unpaired) electrons. The van der Waals surface area contributed by atoms with Crippen molar-refractivity contribution in [2.75, 3.05) is 12.5 Å². The van der Waals surface area contributed by atoms with Crippen molar-refractivity contribution >= 4 is 17.9 Å². The smallest absolute Gasteiger partial charge is 0.127 e. The lowest BCUT2D eigenvalue weighted by Crippen LogP contribution is -2.11. The molecule has 0 saturated heterocycles. The predicted octanol–water partition coefficient (Wildman–Crippen LogP) is 3.31. The fourth-order valence-electron chi connectivity index (χ4n) is 2.30. The van der Waals surface area contributed by atoms with Gasteiger partial charge in [-0.25, -0.2) is 0 Å². The molecule has 0 bridgehead atoms. The molecule has 2 nitrogen and oxygen atoms in total. The average molecular weight is 253 g/mol. The molecule has 0 amide bonds. The van der Waals surface area contributed by atoms with E-state index in [-0.39, 0.29) is 5.92 Å². The quantitative estimate of drug-likeness (QED) is 0.457. The Hall–Kier alpha value is -1.02. The number of hydrogen-bond acceptors (Lipinski definition) is 2. The largest absolute Gasteiger partial charge is 0.494 e. The maximum absolute atomic E-state index is 11.0. The zero-order valence-corrected chi connectivity index (χ0v) is 10.6. The molecular formula is C14H17ClO2. The van der Waals surface area contributed by atoms with Gasteiger partial charge >= 0.3 is 0 Å². The molecule has 1 aliphatic carbocycles. The number of benzene rings is 1. The number of aryl methyl sites for hydroxylation is 1. The highest BCUT2D eigenvalue weighted by Crippen LogP contribution is 2.32. The van der Waals surface area contributed by atoms with Crippen LogP contribution in [0.1, 0.15) is 36.3 Å². The Morgan fingerprint density at radius 3 is 3.12 bits per heavy atom. The van der Waals surface area contributed by atoms with Gasteiger partial charge in [-0.3, -0.25) is 0 Å². The van der Waals surface area contributed by atoms with E-state index in [1.807, 2.05) is 12.1 Å². The van der Waals surface area contributed by atoms with E-state index in [4.69, 9.17) is 16.3 Å². The summed E-state index contributed by atoms with van der Waals surface area (Å²) in [5.41, 5.74) is 2.44. The van der Waals surface area contributed by atoms with Crippen molar-refractivity contribution in [1.82, 2.24) is 0 Å². The van der Waals surface area contributed by atoms with Gasteiger partial charge in [0.2, 0.25) is 0 Å². The zero-order chi connectivity index (χ0) is 12.1. The molecule has 1 aliphatic rings. The third-order valence-corrected chi connectivity index (χ3v) is 3.45. The van der Waals surface area contributed by atoms with Crippen molar-refractivity contribution in [3.05, 3.63) is 29.3 Å². The zero-order valence-electron chi connectivity index (χ0n) is 9.82. The molecule has 92 valence electrons. The lowest BCUT2D eigenvalue weighted by Gasteiger charge is -2.21. The van der Waals surface area contributed by atoms with Crippen LogP contribution in [0.5, 0.6) is 5.75 Å². The van der Waals surface area contributed by atoms with E-state index in [0.29, 0.717) is 12.5 Å². The number of halogens is 1. The highest BCUT2D eigenvalue weighted by Gasteiger charge is 2.19. The summed E-state index contributed by atoms with van der Waals surface area (Å²) in [6.07, 6.45) is 5.03. The number of carbonyl (C=O) groups excluding carboxylic acids is 1. The monoisotopic (exact) mass is 252 g/mol. The van der Waals surface area contributed by atoms with Crippen LogP contribution in [-0.4, -0.2) is 18.8 Å². The Balaban J connectivity index is 2.10. The summed E-state index contributed by atoms with van der Waals surface area (Å²) in [5.74, 6) is 1.59. The first-order chi connectivity index (χ1) is 8.35. The molecule has 0 spiro atoms. The van der Waals surface area contributed by atoms with Crippen LogP contribution in [0.2, 0.25) is 0 Å². The first kappa shape index (κ1) is 12.4. The molecule has 2 rings (SSSR count). The molecule has 1 atom stereocenters. The summed E-state index contributed by atoms with van der Waals surface area (Å²) in [5, 5.41) is 0. The highest BCUT2D eigenvalue weighted by molar-refractivity contribution is 6.17. The fourth-order valence-corrected chi connectivity index (χ4v) is 2.41. The van der Waals surface area contributed by atoms with Crippen molar-refractivity contribution in [2.24, 2.45) is 0 Å². The molecule has 0 heterocycles. The number of carbonyl (C=O) groups is 1. The van der Waals surface area contributed by atoms with Crippen molar-refractivity contribution in [3.8, 4) is 5.75 Å². The van der Waals surface area contributed by atoms with Gasteiger partial charge in [0.25, 0.3) is 0 Å². The first-order valence-electron chi connectivity index (χ1n) is 6.12. The molecule has 0 aliphatic heterocycles. The van der Waals surface area contributed by atoms with Crippen molar-refractivity contribution in [1.29, 1.82) is 0 Å². The van der Waals surface area contributed by atoms with E-state index < -0.39 is 0 Å². The molecule has 0 saturated carbocycles. The number of aldehydes is 1. The number of alkyl halides is 1. The molecule has 1 aromatic rings. The number of ether oxygens (including phenoxy) is 1. The molecule has 1 aromatic carbocycles. The maximum atomic E-state index is 11.0. The van der Waals surface area contributed by atoms with E-state index in [1.165, 1.54) is 11.1 Å². The lowest BCUT2D eigenvalue weighted by atomic mass is 9.83. The van der Waals surface area contributed by atoms with Crippen LogP contribution in [0, 0.1) is 0 Å². The van der Waals surface area contributed by atoms with Crippen LogP contribution in [0.25, 0.3) is 0 Å². The lowest BCUT2D eigenvalue weighted by molar-refractivity contribution is -0.109. The fraction of sp³-hybridized carbons (Fsp3) is 0.500. The van der Waals surface area contributed by atoms with Crippen LogP contribution >= 0.6 is 11.6 Å². The highest BCUT2D eigenvalue weighted by atomic mass is 35.5. The summed E-state index contributed by atoms with van der Waals surface area (Å²) in [6, 6.07) is 6.05. The first-order valence-corrected chi connectivity index (χ1v) is 6.65. The average Bonchev–Trinajstić information content (AvgIpc) is 2.38. The molecule has 17 heavy (non-hydrogen) atoms. The molecule has 3 heteroatoms. The van der Waals surface area contributed by atoms with Gasteiger partial charge in [0.15, 0.2) is 0 Å². The van der Waals surface area contributed by atoms with Gasteiger partial charge < -0.3 is 9.53 Å². The maximum Gasteiger partial charge on any atom is 0.127 e. The topological polar surface area (TPSA) is 26.3 Å². The second kappa shape index (κ2) is 6.06. The van der Waals surface area contributed by atoms with E-state index in [9.17, 15) is 4.79 Å². The van der Waals surface area contributed by atoms with Crippen molar-refractivity contribution in [3.63, 3.8) is 0 Å². The second-order valence-corrected chi connectivity index (χ2v) is 4.76. The summed E-state index contributed by atoms with van der Waals surface area (Å²) in [4.78, 5) is 11.0. The van der Waals surface area contributed by atoms with Gasteiger partial charge in [0.05, 0.1) is 6.61 Å². The standard InChI is InChI=1S/C14H17ClO2/c15-7-2-8-17-13-5-6-14-11(9-13)3-1-4-12(14)10-16/h5-6,9-10,12H,1-4,7-8H2. The Kier molecular flexibility index (Phi) is 4.43. The van der Waals surface area contributed by atoms with Gasteiger partial charge in [0.1, 0.15) is 12.0 Å². The van der Waals surface area contributed by atoms with E-state index in [1.54, 1.807) is 0 Å². The van der Waals surface area contributed by atoms with Gasteiger partial charge in [-0.05, 0) is 48.9 Å². The summed E-state index contributed by atoms with van der Waals surface area (Å²) in [6.45, 7) is 0.652. The van der Waals surface area contributed by atoms with Gasteiger partial charge in [-0.1, -0.05) is 6.07 Å². The van der Waals surface area contributed by atoms with Crippen LogP contribution < -0.4 is 4.74 Å². The third kappa shape index (κ3) is 3.01. The normalized spacial score (nSPS) is 18.5. The third-order valence-electron chi connectivity index (χ3n) is 3.19. The Bertz CT molecular complexity index is 390. The van der Waals surface area contributed by atoms with E-state index in [2.05, 4.69) is 6.07 Å². The van der Waals surface area contributed by atoms with Crippen LogP contribution in [-0.2, 0) is 11.2 Å². The Morgan fingerprint density at radius 1 is 1.47 bits per heavy atom. The Labute approximate surface area is 107 Å². The molecule has 0 N–H and O–H groups in total. The number of fused-ring (bicyclic) bond motifs is 1. The molecule has 1 unspecified atom stereocenters. The van der Waals surface area contributed by atoms with Crippen LogP contribution in [0.3, 0.4) is 0 Å². The van der Waals surface area contributed by atoms with Gasteiger partial charge in [-0.15, -0.1) is 11.6 Å². The number of rotatable bonds is 5. The van der Waals surface area contributed by atoms with Gasteiger partial charge in [0, 0.05) is 11.8 Å². The second-order valence-electron chi connectivity index (χ2n) is 4.39. The van der Waals surface area contributed by atoms with Crippen molar-refractivity contribution in [2.45, 2.75) is 31.6 Å². The van der Waals surface area contributed by atoms with E-state index in [0.717, 1.165) is 37.7 Å². The molecular weight excluding hydrogens is 236 g/mol. The van der Waals surface area contributed by atoms with Gasteiger partial charge in [-0.2, -0.15) is 0 Å². The van der Waals surface area contributed by atoms with E-state index >= 15 is 0 Å². The molecule has 0 aromatic heterocycles. The predicted molar refractivity (Wildman–Crippen MR) is 69.0 cm³/mol. The minimum Gasteiger partial charge on any atom is -0.494 e.